The van der Waals surface area contributed by atoms with Gasteiger partial charge in [0.15, 0.2) is 0 Å². The largest absolute Gasteiger partial charge is 0.495 e. The Morgan fingerprint density at radius 2 is 2.00 bits per heavy atom. The molecule has 22 heavy (non-hydrogen) atoms. The number of rotatable bonds is 5. The van der Waals surface area contributed by atoms with Crippen LogP contribution in [0.2, 0.25) is 0 Å². The fourth-order valence-electron chi connectivity index (χ4n) is 2.69. The fraction of sp³-hybridized carbons (Fsp3) is 0.412. The minimum absolute atomic E-state index is 0.0114. The molecule has 0 radical (unpaired) electrons. The molecule has 0 unspecified atom stereocenters. The Labute approximate surface area is 130 Å². The standard InChI is InChI=1S/C17H21NO4/c1-22-15-9-7-12(8-10-16(19)20)11-14(15)18-17(21)13-5-3-2-4-6-13/h7-11,13H,2-6H2,1H3,(H,18,21)(H,19,20)/b10-8+. The summed E-state index contributed by atoms with van der Waals surface area (Å²) in [5, 5.41) is 11.6. The first-order valence-corrected chi connectivity index (χ1v) is 7.50. The number of nitrogens with one attached hydrogen (secondary N) is 1. The van der Waals surface area contributed by atoms with Crippen LogP contribution in [-0.2, 0) is 9.59 Å². The maximum absolute atomic E-state index is 12.3. The summed E-state index contributed by atoms with van der Waals surface area (Å²) < 4.78 is 5.26. The van der Waals surface area contributed by atoms with E-state index in [9.17, 15) is 9.59 Å². The molecule has 1 amide bonds. The third kappa shape index (κ3) is 4.35. The van der Waals surface area contributed by atoms with E-state index in [4.69, 9.17) is 9.84 Å². The summed E-state index contributed by atoms with van der Waals surface area (Å²) in [6, 6.07) is 5.19. The van der Waals surface area contributed by atoms with Gasteiger partial charge in [-0.15, -0.1) is 0 Å². The number of carboxylic acids is 1. The molecule has 1 aromatic carbocycles. The van der Waals surface area contributed by atoms with E-state index in [0.29, 0.717) is 17.0 Å². The molecule has 1 aliphatic carbocycles. The number of carbonyl (C=O) groups excluding carboxylic acids is 1. The molecule has 1 aromatic rings. The predicted octanol–water partition coefficient (Wildman–Crippen LogP) is 3.31. The van der Waals surface area contributed by atoms with Gasteiger partial charge in [-0.05, 0) is 36.6 Å². The van der Waals surface area contributed by atoms with Crippen molar-refractivity contribution in [3.05, 3.63) is 29.8 Å². The van der Waals surface area contributed by atoms with Crippen LogP contribution in [0.4, 0.5) is 5.69 Å². The minimum Gasteiger partial charge on any atom is -0.495 e. The van der Waals surface area contributed by atoms with Gasteiger partial charge in [-0.3, -0.25) is 4.79 Å². The quantitative estimate of drug-likeness (QED) is 0.818. The Morgan fingerprint density at radius 3 is 2.64 bits per heavy atom. The van der Waals surface area contributed by atoms with Crippen molar-refractivity contribution in [2.24, 2.45) is 5.92 Å². The molecule has 2 N–H and O–H groups in total. The van der Waals surface area contributed by atoms with Crippen LogP contribution in [0.5, 0.6) is 5.75 Å². The van der Waals surface area contributed by atoms with Crippen molar-refractivity contribution < 1.29 is 19.4 Å². The first kappa shape index (κ1) is 16.1. The Balaban J connectivity index is 2.14. The normalized spacial score (nSPS) is 15.7. The second kappa shape index (κ2) is 7.64. The summed E-state index contributed by atoms with van der Waals surface area (Å²) in [6.07, 6.45) is 7.78. The maximum Gasteiger partial charge on any atom is 0.328 e. The lowest BCUT2D eigenvalue weighted by Gasteiger charge is -2.21. The van der Waals surface area contributed by atoms with Gasteiger partial charge in [0.25, 0.3) is 0 Å². The van der Waals surface area contributed by atoms with Crippen LogP contribution in [-0.4, -0.2) is 24.1 Å². The van der Waals surface area contributed by atoms with Gasteiger partial charge >= 0.3 is 5.97 Å². The molecule has 118 valence electrons. The molecule has 0 heterocycles. The van der Waals surface area contributed by atoms with E-state index < -0.39 is 5.97 Å². The Kier molecular flexibility index (Phi) is 5.58. The van der Waals surface area contributed by atoms with Crippen LogP contribution in [0.1, 0.15) is 37.7 Å². The van der Waals surface area contributed by atoms with Crippen LogP contribution in [0.25, 0.3) is 6.08 Å². The molecule has 1 fully saturated rings. The molecule has 5 heteroatoms. The van der Waals surface area contributed by atoms with Crippen molar-refractivity contribution in [1.29, 1.82) is 0 Å². The number of carbonyl (C=O) groups is 2. The van der Waals surface area contributed by atoms with E-state index in [1.807, 2.05) is 0 Å². The number of aliphatic carboxylic acids is 1. The maximum atomic E-state index is 12.3. The first-order chi connectivity index (χ1) is 10.6. The van der Waals surface area contributed by atoms with Crippen LogP contribution in [0, 0.1) is 5.92 Å². The van der Waals surface area contributed by atoms with E-state index in [0.717, 1.165) is 31.8 Å². The van der Waals surface area contributed by atoms with Gasteiger partial charge in [-0.2, -0.15) is 0 Å². The SMILES string of the molecule is COc1ccc(/C=C/C(=O)O)cc1NC(=O)C1CCCCC1. The van der Waals surface area contributed by atoms with E-state index in [1.54, 1.807) is 25.3 Å². The van der Waals surface area contributed by atoms with Crippen molar-refractivity contribution in [2.75, 3.05) is 12.4 Å². The molecule has 0 bridgehead atoms. The van der Waals surface area contributed by atoms with Crippen LogP contribution >= 0.6 is 0 Å². The third-order valence-electron chi connectivity index (χ3n) is 3.88. The van der Waals surface area contributed by atoms with Crippen molar-refractivity contribution in [3.8, 4) is 5.75 Å². The highest BCUT2D eigenvalue weighted by atomic mass is 16.5. The number of hydrogen-bond donors (Lipinski definition) is 2. The first-order valence-electron chi connectivity index (χ1n) is 7.50. The van der Waals surface area contributed by atoms with Gasteiger partial charge in [0.1, 0.15) is 5.75 Å². The lowest BCUT2D eigenvalue weighted by molar-refractivity contribution is -0.131. The molecule has 2 rings (SSSR count). The van der Waals surface area contributed by atoms with Crippen molar-refractivity contribution in [3.63, 3.8) is 0 Å². The second-order valence-electron chi connectivity index (χ2n) is 5.46. The van der Waals surface area contributed by atoms with Gasteiger partial charge < -0.3 is 15.2 Å². The monoisotopic (exact) mass is 303 g/mol. The molecule has 0 spiro atoms. The molecule has 0 aliphatic heterocycles. The van der Waals surface area contributed by atoms with Crippen molar-refractivity contribution in [2.45, 2.75) is 32.1 Å². The number of amides is 1. The zero-order chi connectivity index (χ0) is 15.9. The molecule has 1 aliphatic rings. The molecule has 0 saturated heterocycles. The summed E-state index contributed by atoms with van der Waals surface area (Å²) in [5.41, 5.74) is 1.27. The average molecular weight is 303 g/mol. The Morgan fingerprint density at radius 1 is 1.27 bits per heavy atom. The van der Waals surface area contributed by atoms with E-state index >= 15 is 0 Å². The summed E-state index contributed by atoms with van der Waals surface area (Å²) in [7, 11) is 1.54. The lowest BCUT2D eigenvalue weighted by atomic mass is 9.88. The van der Waals surface area contributed by atoms with Gasteiger partial charge in [0.05, 0.1) is 12.8 Å². The molecule has 1 saturated carbocycles. The highest BCUT2D eigenvalue weighted by Gasteiger charge is 2.21. The van der Waals surface area contributed by atoms with E-state index in [2.05, 4.69) is 5.32 Å². The Bertz CT molecular complexity index is 574. The smallest absolute Gasteiger partial charge is 0.328 e. The molecule has 0 aromatic heterocycles. The topological polar surface area (TPSA) is 75.6 Å². The minimum atomic E-state index is -1.01. The van der Waals surface area contributed by atoms with Gasteiger partial charge in [-0.1, -0.05) is 25.3 Å². The average Bonchev–Trinajstić information content (AvgIpc) is 2.54. The zero-order valence-electron chi connectivity index (χ0n) is 12.7. The number of anilines is 1. The molecule has 5 nitrogen and oxygen atoms in total. The number of benzene rings is 1. The number of methoxy groups -OCH3 is 1. The van der Waals surface area contributed by atoms with Crippen LogP contribution in [0.3, 0.4) is 0 Å². The zero-order valence-corrected chi connectivity index (χ0v) is 12.7. The highest BCUT2D eigenvalue weighted by molar-refractivity contribution is 5.94. The van der Waals surface area contributed by atoms with E-state index in [1.165, 1.54) is 12.5 Å². The summed E-state index contributed by atoms with van der Waals surface area (Å²) in [5.74, 6) is -0.380. The lowest BCUT2D eigenvalue weighted by Crippen LogP contribution is -2.24. The third-order valence-corrected chi connectivity index (χ3v) is 3.88. The fourth-order valence-corrected chi connectivity index (χ4v) is 2.69. The van der Waals surface area contributed by atoms with Crippen LogP contribution in [0.15, 0.2) is 24.3 Å². The number of ether oxygens (including phenoxy) is 1. The second-order valence-corrected chi connectivity index (χ2v) is 5.46. The van der Waals surface area contributed by atoms with E-state index in [-0.39, 0.29) is 11.8 Å². The summed E-state index contributed by atoms with van der Waals surface area (Å²) >= 11 is 0. The highest BCUT2D eigenvalue weighted by Crippen LogP contribution is 2.29. The number of hydrogen-bond acceptors (Lipinski definition) is 3. The van der Waals surface area contributed by atoms with Crippen molar-refractivity contribution >= 4 is 23.6 Å². The van der Waals surface area contributed by atoms with Crippen molar-refractivity contribution in [1.82, 2.24) is 0 Å². The molecular formula is C17H21NO4. The van der Waals surface area contributed by atoms with Crippen LogP contribution < -0.4 is 10.1 Å². The molecule has 0 atom stereocenters. The van der Waals surface area contributed by atoms with Gasteiger partial charge in [0.2, 0.25) is 5.91 Å². The van der Waals surface area contributed by atoms with Gasteiger partial charge in [-0.25, -0.2) is 4.79 Å². The molecular weight excluding hydrogens is 282 g/mol. The summed E-state index contributed by atoms with van der Waals surface area (Å²) in [6.45, 7) is 0. The van der Waals surface area contributed by atoms with Gasteiger partial charge in [0, 0.05) is 12.0 Å². The summed E-state index contributed by atoms with van der Waals surface area (Å²) in [4.78, 5) is 22.9. The Hall–Kier alpha value is -2.30. The predicted molar refractivity (Wildman–Crippen MR) is 84.9 cm³/mol. The number of carboxylic acid groups (broad SMARTS) is 1.